The first-order valence-electron chi connectivity index (χ1n) is 11.2. The first-order chi connectivity index (χ1) is 17.1. The number of aromatic nitrogens is 2. The van der Waals surface area contributed by atoms with Gasteiger partial charge in [0.05, 0.1) is 32.5 Å². The molecule has 5 rings (SSSR count). The summed E-state index contributed by atoms with van der Waals surface area (Å²) in [7, 11) is 4.83. The third kappa shape index (κ3) is 4.12. The van der Waals surface area contributed by atoms with Gasteiger partial charge >= 0.3 is 0 Å². The lowest BCUT2D eigenvalue weighted by Crippen LogP contribution is -2.24. The van der Waals surface area contributed by atoms with E-state index in [-0.39, 0.29) is 5.91 Å². The molecular formula is C28H25N3O4. The molecular weight excluding hydrogens is 442 g/mol. The van der Waals surface area contributed by atoms with Crippen LogP contribution in [0.25, 0.3) is 33.1 Å². The van der Waals surface area contributed by atoms with E-state index in [0.717, 1.165) is 38.7 Å². The second-order valence-corrected chi connectivity index (χ2v) is 8.01. The maximum absolute atomic E-state index is 13.3. The minimum absolute atomic E-state index is 0.286. The number of para-hydroxylation sites is 2. The number of fused-ring (bicyclic) bond motifs is 3. The number of carbonyl (C=O) groups excluding carboxylic acids is 1. The van der Waals surface area contributed by atoms with Crippen LogP contribution < -0.4 is 19.5 Å². The Morgan fingerprint density at radius 2 is 1.63 bits per heavy atom. The first-order valence-corrected chi connectivity index (χ1v) is 11.2. The zero-order valence-corrected chi connectivity index (χ0v) is 19.7. The van der Waals surface area contributed by atoms with Crippen LogP contribution in [0.4, 0.5) is 0 Å². The summed E-state index contributed by atoms with van der Waals surface area (Å²) in [4.78, 5) is 21.6. The first kappa shape index (κ1) is 22.3. The summed E-state index contributed by atoms with van der Waals surface area (Å²) in [5.74, 6) is 1.73. The Kier molecular flexibility index (Phi) is 5.97. The zero-order chi connectivity index (χ0) is 24.4. The van der Waals surface area contributed by atoms with Crippen LogP contribution in [0.15, 0.2) is 72.8 Å². The molecule has 7 heteroatoms. The van der Waals surface area contributed by atoms with Crippen molar-refractivity contribution < 1.29 is 19.0 Å². The molecule has 0 aliphatic carbocycles. The quantitative estimate of drug-likeness (QED) is 0.338. The Morgan fingerprint density at radius 3 is 2.43 bits per heavy atom. The van der Waals surface area contributed by atoms with Crippen LogP contribution in [0, 0.1) is 0 Å². The molecule has 0 saturated heterocycles. The van der Waals surface area contributed by atoms with Crippen molar-refractivity contribution in [3.8, 4) is 28.5 Å². The van der Waals surface area contributed by atoms with Gasteiger partial charge in [0.15, 0.2) is 0 Å². The molecule has 0 fully saturated rings. The van der Waals surface area contributed by atoms with Crippen molar-refractivity contribution in [3.63, 3.8) is 0 Å². The van der Waals surface area contributed by atoms with Crippen LogP contribution in [-0.2, 0) is 6.54 Å². The molecule has 3 aromatic carbocycles. The van der Waals surface area contributed by atoms with Gasteiger partial charge in [0.2, 0.25) is 0 Å². The highest BCUT2D eigenvalue weighted by molar-refractivity contribution is 6.13. The second kappa shape index (κ2) is 9.38. The smallest absolute Gasteiger partial charge is 0.270 e. The van der Waals surface area contributed by atoms with Crippen LogP contribution in [0.3, 0.4) is 0 Å². The predicted molar refractivity (Wildman–Crippen MR) is 136 cm³/mol. The van der Waals surface area contributed by atoms with Gasteiger partial charge in [-0.25, -0.2) is 4.98 Å². The van der Waals surface area contributed by atoms with E-state index in [9.17, 15) is 4.79 Å². The Labute approximate surface area is 202 Å². The standard InChI is InChI=1S/C28H25N3O4/c1-33-18-12-13-25(35-3)21(14-18)27-26-20(19-9-5-6-10-22(19)30-26)15-23(31-27)28(32)29-16-17-8-4-7-11-24(17)34-2/h4-15,30H,16H2,1-3H3,(H,29,32). The molecule has 0 bridgehead atoms. The van der Waals surface area contributed by atoms with E-state index in [1.807, 2.05) is 72.8 Å². The number of nitrogens with zero attached hydrogens (tertiary/aromatic N) is 1. The lowest BCUT2D eigenvalue weighted by molar-refractivity contribution is 0.0946. The normalized spacial score (nSPS) is 10.9. The summed E-state index contributed by atoms with van der Waals surface area (Å²) in [6, 6.07) is 22.9. The fourth-order valence-corrected chi connectivity index (χ4v) is 4.27. The molecule has 176 valence electrons. The molecule has 0 aliphatic heterocycles. The van der Waals surface area contributed by atoms with Crippen molar-refractivity contribution in [2.75, 3.05) is 21.3 Å². The van der Waals surface area contributed by atoms with E-state index in [2.05, 4.69) is 10.3 Å². The van der Waals surface area contributed by atoms with Gasteiger partial charge in [-0.1, -0.05) is 36.4 Å². The average Bonchev–Trinajstić information content (AvgIpc) is 3.29. The topological polar surface area (TPSA) is 85.5 Å². The van der Waals surface area contributed by atoms with Crippen molar-refractivity contribution >= 4 is 27.7 Å². The highest BCUT2D eigenvalue weighted by atomic mass is 16.5. The third-order valence-corrected chi connectivity index (χ3v) is 6.02. The number of rotatable bonds is 7. The molecule has 1 amide bonds. The van der Waals surface area contributed by atoms with E-state index in [4.69, 9.17) is 19.2 Å². The maximum Gasteiger partial charge on any atom is 0.270 e. The Morgan fingerprint density at radius 1 is 0.857 bits per heavy atom. The molecule has 2 N–H and O–H groups in total. The van der Waals surface area contributed by atoms with Crippen molar-refractivity contribution in [1.82, 2.24) is 15.3 Å². The van der Waals surface area contributed by atoms with E-state index in [0.29, 0.717) is 29.4 Å². The van der Waals surface area contributed by atoms with Crippen LogP contribution in [-0.4, -0.2) is 37.2 Å². The Bertz CT molecular complexity index is 1540. The highest BCUT2D eigenvalue weighted by Crippen LogP contribution is 2.38. The van der Waals surface area contributed by atoms with Crippen molar-refractivity contribution in [3.05, 3.63) is 84.1 Å². The zero-order valence-electron chi connectivity index (χ0n) is 19.7. The molecule has 35 heavy (non-hydrogen) atoms. The number of hydrogen-bond acceptors (Lipinski definition) is 5. The summed E-state index contributed by atoms with van der Waals surface area (Å²) in [6.07, 6.45) is 0. The molecule has 0 atom stereocenters. The van der Waals surface area contributed by atoms with Crippen molar-refractivity contribution in [2.45, 2.75) is 6.54 Å². The van der Waals surface area contributed by atoms with E-state index in [1.54, 1.807) is 21.3 Å². The van der Waals surface area contributed by atoms with Gasteiger partial charge in [-0.3, -0.25) is 4.79 Å². The van der Waals surface area contributed by atoms with Crippen LogP contribution in [0.2, 0.25) is 0 Å². The van der Waals surface area contributed by atoms with Gasteiger partial charge in [0.25, 0.3) is 5.91 Å². The summed E-state index contributed by atoms with van der Waals surface area (Å²) in [5, 5.41) is 4.88. The Hall–Kier alpha value is -4.52. The molecule has 5 aromatic rings. The lowest BCUT2D eigenvalue weighted by Gasteiger charge is -2.13. The number of benzene rings is 3. The van der Waals surface area contributed by atoms with Gasteiger partial charge in [-0.2, -0.15) is 0 Å². The number of ether oxygens (including phenoxy) is 3. The van der Waals surface area contributed by atoms with E-state index >= 15 is 0 Å². The molecule has 2 aromatic heterocycles. The number of aromatic amines is 1. The maximum atomic E-state index is 13.3. The van der Waals surface area contributed by atoms with Gasteiger partial charge in [0, 0.05) is 34.0 Å². The fourth-order valence-electron chi connectivity index (χ4n) is 4.27. The lowest BCUT2D eigenvalue weighted by atomic mass is 10.0. The molecule has 2 heterocycles. The minimum atomic E-state index is -0.286. The molecule has 0 saturated carbocycles. The Balaban J connectivity index is 1.64. The van der Waals surface area contributed by atoms with E-state index < -0.39 is 0 Å². The number of methoxy groups -OCH3 is 3. The predicted octanol–water partition coefficient (Wildman–Crippen LogP) is 5.34. The number of amides is 1. The molecule has 7 nitrogen and oxygen atoms in total. The number of pyridine rings is 1. The van der Waals surface area contributed by atoms with Gasteiger partial charge in [-0.15, -0.1) is 0 Å². The number of nitrogens with one attached hydrogen (secondary N) is 2. The SMILES string of the molecule is COc1ccc(OC)c(-c2nc(C(=O)NCc3ccccc3OC)cc3c2[nH]c2ccccc23)c1. The average molecular weight is 468 g/mol. The summed E-state index contributed by atoms with van der Waals surface area (Å²) in [6.45, 7) is 0.314. The monoisotopic (exact) mass is 467 g/mol. The third-order valence-electron chi connectivity index (χ3n) is 6.02. The highest BCUT2D eigenvalue weighted by Gasteiger charge is 2.20. The second-order valence-electron chi connectivity index (χ2n) is 8.01. The number of carbonyl (C=O) groups is 1. The number of H-pyrrole nitrogens is 1. The molecule has 0 spiro atoms. The number of hydrogen-bond donors (Lipinski definition) is 2. The van der Waals surface area contributed by atoms with E-state index in [1.165, 1.54) is 0 Å². The van der Waals surface area contributed by atoms with Gasteiger partial charge < -0.3 is 24.5 Å². The molecule has 0 radical (unpaired) electrons. The van der Waals surface area contributed by atoms with Gasteiger partial charge in [-0.05, 0) is 36.4 Å². The van der Waals surface area contributed by atoms with Crippen LogP contribution in [0.5, 0.6) is 17.2 Å². The van der Waals surface area contributed by atoms with Crippen molar-refractivity contribution in [2.24, 2.45) is 0 Å². The van der Waals surface area contributed by atoms with Crippen LogP contribution >= 0.6 is 0 Å². The summed E-state index contributed by atoms with van der Waals surface area (Å²) < 4.78 is 16.5. The minimum Gasteiger partial charge on any atom is -0.497 e. The van der Waals surface area contributed by atoms with Crippen LogP contribution in [0.1, 0.15) is 16.1 Å². The fraction of sp³-hybridized carbons (Fsp3) is 0.143. The van der Waals surface area contributed by atoms with Gasteiger partial charge in [0.1, 0.15) is 22.9 Å². The summed E-state index contributed by atoms with van der Waals surface area (Å²) in [5.41, 5.74) is 4.29. The van der Waals surface area contributed by atoms with Crippen molar-refractivity contribution in [1.29, 1.82) is 0 Å². The largest absolute Gasteiger partial charge is 0.497 e. The summed E-state index contributed by atoms with van der Waals surface area (Å²) >= 11 is 0. The molecule has 0 aliphatic rings. The molecule has 0 unspecified atom stereocenters.